The highest BCUT2D eigenvalue weighted by Crippen LogP contribution is 2.24. The predicted octanol–water partition coefficient (Wildman–Crippen LogP) is 1.48. The highest BCUT2D eigenvalue weighted by molar-refractivity contribution is 6.30. The lowest BCUT2D eigenvalue weighted by molar-refractivity contribution is 0.0697. The summed E-state index contributed by atoms with van der Waals surface area (Å²) < 4.78 is 13.1. The van der Waals surface area contributed by atoms with Gasteiger partial charge in [0.25, 0.3) is 5.91 Å². The number of carbonyl (C=O) groups excluding carboxylic acids is 1. The van der Waals surface area contributed by atoms with Crippen LogP contribution in [0.3, 0.4) is 0 Å². The zero-order chi connectivity index (χ0) is 17.7. The number of pyridine rings is 1. The number of hydrogen-bond acceptors (Lipinski definition) is 6. The number of amides is 1. The van der Waals surface area contributed by atoms with Crippen molar-refractivity contribution in [2.24, 2.45) is 0 Å². The maximum absolute atomic E-state index is 13.1. The van der Waals surface area contributed by atoms with Crippen molar-refractivity contribution < 1.29 is 24.6 Å². The molecule has 0 fully saturated rings. The molecule has 0 saturated carbocycles. The van der Waals surface area contributed by atoms with Gasteiger partial charge in [-0.15, -0.1) is 0 Å². The minimum Gasteiger partial charge on any atom is -0.505 e. The Morgan fingerprint density at radius 1 is 1.33 bits per heavy atom. The summed E-state index contributed by atoms with van der Waals surface area (Å²) >= 11 is 5.70. The Hall–Kier alpha value is -2.26. The van der Waals surface area contributed by atoms with E-state index in [-0.39, 0.29) is 17.1 Å². The van der Waals surface area contributed by atoms with E-state index in [9.17, 15) is 19.4 Å². The van der Waals surface area contributed by atoms with Gasteiger partial charge in [-0.3, -0.25) is 10.0 Å². The van der Waals surface area contributed by atoms with E-state index in [4.69, 9.17) is 16.8 Å². The average Bonchev–Trinajstić information content (AvgIpc) is 2.57. The molecular formula is C15H15ClFN3O4. The molecule has 2 rings (SSSR count). The first-order chi connectivity index (χ1) is 11.5. The second-order valence-electron chi connectivity index (χ2n) is 4.91. The van der Waals surface area contributed by atoms with Crippen LogP contribution in [0.15, 0.2) is 24.4 Å². The van der Waals surface area contributed by atoms with Crippen molar-refractivity contribution >= 4 is 17.5 Å². The molecule has 0 radical (unpaired) electrons. The minimum absolute atomic E-state index is 0.0176. The van der Waals surface area contributed by atoms with Crippen LogP contribution in [0.1, 0.15) is 27.2 Å². The monoisotopic (exact) mass is 355 g/mol. The van der Waals surface area contributed by atoms with Crippen molar-refractivity contribution in [3.8, 4) is 5.75 Å². The molecule has 0 aliphatic heterocycles. The van der Waals surface area contributed by atoms with Gasteiger partial charge in [-0.05, 0) is 23.3 Å². The Labute approximate surface area is 141 Å². The second-order valence-corrected chi connectivity index (χ2v) is 5.32. The van der Waals surface area contributed by atoms with Gasteiger partial charge >= 0.3 is 0 Å². The van der Waals surface area contributed by atoms with Crippen LogP contribution in [0, 0.1) is 5.82 Å². The Morgan fingerprint density at radius 3 is 2.71 bits per heavy atom. The molecule has 1 aromatic carbocycles. The van der Waals surface area contributed by atoms with Crippen LogP contribution >= 0.6 is 11.6 Å². The van der Waals surface area contributed by atoms with Crippen molar-refractivity contribution in [3.63, 3.8) is 0 Å². The molecule has 9 heteroatoms. The van der Waals surface area contributed by atoms with Gasteiger partial charge in [-0.1, -0.05) is 17.7 Å². The number of hydroxylamine groups is 1. The van der Waals surface area contributed by atoms with Crippen LogP contribution in [0.4, 0.5) is 4.39 Å². The summed E-state index contributed by atoms with van der Waals surface area (Å²) in [7, 11) is 0. The van der Waals surface area contributed by atoms with Crippen molar-refractivity contribution in [3.05, 3.63) is 57.6 Å². The fraction of sp³-hybridized carbons (Fsp3) is 0.200. The van der Waals surface area contributed by atoms with Gasteiger partial charge in [0.1, 0.15) is 5.82 Å². The van der Waals surface area contributed by atoms with E-state index < -0.39 is 29.8 Å². The summed E-state index contributed by atoms with van der Waals surface area (Å²) in [5.41, 5.74) is 2.31. The van der Waals surface area contributed by atoms with Crippen molar-refractivity contribution in [1.29, 1.82) is 0 Å². The lowest BCUT2D eigenvalue weighted by atomic mass is 10.1. The van der Waals surface area contributed by atoms with Crippen LogP contribution in [-0.4, -0.2) is 26.3 Å². The number of hydrogen-bond donors (Lipinski definition) is 5. The third-order valence-corrected chi connectivity index (χ3v) is 3.64. The summed E-state index contributed by atoms with van der Waals surface area (Å²) in [5.74, 6) is -1.99. The van der Waals surface area contributed by atoms with Gasteiger partial charge in [-0.2, -0.15) is 0 Å². The average molecular weight is 356 g/mol. The first-order valence-electron chi connectivity index (χ1n) is 6.87. The van der Waals surface area contributed by atoms with E-state index in [0.717, 1.165) is 5.56 Å². The third-order valence-electron chi connectivity index (χ3n) is 3.35. The quantitative estimate of drug-likeness (QED) is 0.396. The largest absolute Gasteiger partial charge is 0.505 e. The Bertz CT molecular complexity index is 758. The third kappa shape index (κ3) is 3.98. The normalized spacial score (nSPS) is 10.7. The smallest absolute Gasteiger partial charge is 0.297 e. The van der Waals surface area contributed by atoms with E-state index in [1.165, 1.54) is 23.8 Å². The number of benzene rings is 1. The van der Waals surface area contributed by atoms with Gasteiger partial charge < -0.3 is 15.5 Å². The zero-order valence-electron chi connectivity index (χ0n) is 12.4. The molecular weight excluding hydrogens is 341 g/mol. The Balaban J connectivity index is 2.10. The number of aromatic hydroxyl groups is 1. The van der Waals surface area contributed by atoms with Crippen LogP contribution in [0.2, 0.25) is 5.02 Å². The molecule has 0 atom stereocenters. The van der Waals surface area contributed by atoms with Gasteiger partial charge in [-0.25, -0.2) is 14.9 Å². The second kappa shape index (κ2) is 8.02. The first kappa shape index (κ1) is 18.1. The van der Waals surface area contributed by atoms with E-state index in [0.29, 0.717) is 12.1 Å². The van der Waals surface area contributed by atoms with Crippen LogP contribution < -0.4 is 10.8 Å². The predicted molar refractivity (Wildman–Crippen MR) is 83.0 cm³/mol. The van der Waals surface area contributed by atoms with E-state index in [1.54, 1.807) is 6.07 Å². The Morgan fingerprint density at radius 2 is 2.08 bits per heavy atom. The number of halogens is 2. The van der Waals surface area contributed by atoms with Crippen LogP contribution in [0.5, 0.6) is 5.75 Å². The SMILES string of the molecule is O=C(NO)c1ncc(CNCc2ccc(F)c(Cl)c2)c(CO)c1O. The first-order valence-corrected chi connectivity index (χ1v) is 7.25. The topological polar surface area (TPSA) is 115 Å². The molecule has 5 N–H and O–H groups in total. The van der Waals surface area contributed by atoms with E-state index in [2.05, 4.69) is 10.3 Å². The molecule has 0 spiro atoms. The zero-order valence-corrected chi connectivity index (χ0v) is 13.1. The molecule has 128 valence electrons. The van der Waals surface area contributed by atoms with Crippen molar-refractivity contribution in [1.82, 2.24) is 15.8 Å². The number of aliphatic hydroxyl groups excluding tert-OH is 1. The van der Waals surface area contributed by atoms with Crippen LogP contribution in [-0.2, 0) is 19.7 Å². The summed E-state index contributed by atoms with van der Waals surface area (Å²) in [5, 5.41) is 31.0. The minimum atomic E-state index is -0.984. The number of nitrogens with one attached hydrogen (secondary N) is 2. The molecule has 1 amide bonds. The fourth-order valence-corrected chi connectivity index (χ4v) is 2.32. The van der Waals surface area contributed by atoms with Gasteiger partial charge in [0.15, 0.2) is 11.4 Å². The standard InChI is InChI=1S/C15H15ClFN3O4/c16-11-3-8(1-2-12(11)17)4-18-5-9-6-19-13(15(23)20-24)14(22)10(9)7-21/h1-3,6,18,21-22,24H,4-5,7H2,(H,20,23). The summed E-state index contributed by atoms with van der Waals surface area (Å²) in [6, 6.07) is 4.32. The van der Waals surface area contributed by atoms with Gasteiger partial charge in [0.05, 0.1) is 11.6 Å². The molecule has 0 saturated heterocycles. The molecule has 0 aliphatic rings. The van der Waals surface area contributed by atoms with E-state index >= 15 is 0 Å². The number of nitrogens with zero attached hydrogens (tertiary/aromatic N) is 1. The number of rotatable bonds is 6. The number of carbonyl (C=O) groups is 1. The molecule has 0 bridgehead atoms. The summed E-state index contributed by atoms with van der Waals surface area (Å²) in [4.78, 5) is 15.1. The Kier molecular flexibility index (Phi) is 6.04. The molecule has 1 heterocycles. The lowest BCUT2D eigenvalue weighted by Crippen LogP contribution is -2.21. The fourth-order valence-electron chi connectivity index (χ4n) is 2.12. The van der Waals surface area contributed by atoms with Crippen molar-refractivity contribution in [2.75, 3.05) is 0 Å². The molecule has 2 aromatic rings. The van der Waals surface area contributed by atoms with Crippen molar-refractivity contribution in [2.45, 2.75) is 19.7 Å². The number of aromatic nitrogens is 1. The maximum Gasteiger partial charge on any atom is 0.297 e. The molecule has 0 aliphatic carbocycles. The summed E-state index contributed by atoms with van der Waals surface area (Å²) in [6.45, 7) is 0.0798. The molecule has 1 aromatic heterocycles. The number of aliphatic hydroxyl groups is 1. The van der Waals surface area contributed by atoms with E-state index in [1.807, 2.05) is 0 Å². The highest BCUT2D eigenvalue weighted by Gasteiger charge is 2.18. The van der Waals surface area contributed by atoms with Crippen LogP contribution in [0.25, 0.3) is 0 Å². The maximum atomic E-state index is 13.1. The highest BCUT2D eigenvalue weighted by atomic mass is 35.5. The molecule has 24 heavy (non-hydrogen) atoms. The van der Waals surface area contributed by atoms with Gasteiger partial charge in [0, 0.05) is 24.8 Å². The molecule has 0 unspecified atom stereocenters. The van der Waals surface area contributed by atoms with Gasteiger partial charge in [0.2, 0.25) is 0 Å². The summed E-state index contributed by atoms with van der Waals surface area (Å²) in [6.07, 6.45) is 1.31. The molecule has 7 nitrogen and oxygen atoms in total. The lowest BCUT2D eigenvalue weighted by Gasteiger charge is -2.12.